The minimum absolute atomic E-state index is 0.0899. The zero-order valence-corrected chi connectivity index (χ0v) is 16.7. The number of benzene rings is 2. The largest absolute Gasteiger partial charge is 0.449 e. The number of ether oxygens (including phenoxy) is 1. The quantitative estimate of drug-likeness (QED) is 0.698. The number of rotatable bonds is 5. The van der Waals surface area contributed by atoms with Gasteiger partial charge in [-0.05, 0) is 43.3 Å². The Balaban J connectivity index is 2.13. The van der Waals surface area contributed by atoms with Crippen molar-refractivity contribution >= 4 is 39.0 Å². The summed E-state index contributed by atoms with van der Waals surface area (Å²) in [7, 11) is -3.61. The molecule has 11 heteroatoms. The number of nitrogens with one attached hydrogen (secondary N) is 1. The first kappa shape index (κ1) is 22.7. The Morgan fingerprint density at radius 3 is 2.38 bits per heavy atom. The summed E-state index contributed by atoms with van der Waals surface area (Å²) in [5, 5.41) is 2.13. The Morgan fingerprint density at radius 1 is 1.14 bits per heavy atom. The molecular formula is C18H15ClF3NO5S. The lowest BCUT2D eigenvalue weighted by molar-refractivity contribution is -0.137. The number of anilines is 1. The molecule has 29 heavy (non-hydrogen) atoms. The Hall–Kier alpha value is -2.59. The van der Waals surface area contributed by atoms with Crippen LogP contribution in [0, 0.1) is 0 Å². The zero-order chi connectivity index (χ0) is 22.0. The van der Waals surface area contributed by atoms with Gasteiger partial charge in [0.25, 0.3) is 5.91 Å². The molecule has 6 nitrogen and oxygen atoms in total. The lowest BCUT2D eigenvalue weighted by Crippen LogP contribution is -2.30. The lowest BCUT2D eigenvalue weighted by Gasteiger charge is -2.15. The highest BCUT2D eigenvalue weighted by Crippen LogP contribution is 2.30. The van der Waals surface area contributed by atoms with Crippen molar-refractivity contribution in [1.82, 2.24) is 0 Å². The average molecular weight is 450 g/mol. The van der Waals surface area contributed by atoms with E-state index in [1.54, 1.807) is 0 Å². The summed E-state index contributed by atoms with van der Waals surface area (Å²) in [5.41, 5.74) is -1.36. The zero-order valence-electron chi connectivity index (χ0n) is 15.1. The third kappa shape index (κ3) is 5.94. The Kier molecular flexibility index (Phi) is 6.59. The van der Waals surface area contributed by atoms with Gasteiger partial charge in [0.2, 0.25) is 0 Å². The molecule has 0 aliphatic carbocycles. The number of hydrogen-bond acceptors (Lipinski definition) is 5. The summed E-state index contributed by atoms with van der Waals surface area (Å²) in [5.74, 6) is -1.94. The molecule has 0 bridgehead atoms. The van der Waals surface area contributed by atoms with Gasteiger partial charge in [0.15, 0.2) is 15.9 Å². The highest BCUT2D eigenvalue weighted by Gasteiger charge is 2.30. The molecule has 156 valence electrons. The second-order valence-corrected chi connectivity index (χ2v) is 8.45. The smallest absolute Gasteiger partial charge is 0.416 e. The normalized spacial score (nSPS) is 12.9. The molecule has 0 fully saturated rings. The van der Waals surface area contributed by atoms with Crippen LogP contribution < -0.4 is 5.32 Å². The summed E-state index contributed by atoms with van der Waals surface area (Å²) < 4.78 is 66.4. The predicted octanol–water partition coefficient (Wildman–Crippen LogP) is 3.95. The van der Waals surface area contributed by atoms with Crippen LogP contribution in [0.15, 0.2) is 47.4 Å². The molecule has 1 N–H and O–H groups in total. The van der Waals surface area contributed by atoms with Crippen molar-refractivity contribution in [3.8, 4) is 0 Å². The number of carbonyl (C=O) groups is 2. The number of esters is 1. The van der Waals surface area contributed by atoms with E-state index in [1.807, 2.05) is 0 Å². The van der Waals surface area contributed by atoms with Crippen LogP contribution >= 0.6 is 11.6 Å². The van der Waals surface area contributed by atoms with E-state index >= 15 is 0 Å². The molecule has 0 heterocycles. The van der Waals surface area contributed by atoms with Crippen LogP contribution in [-0.4, -0.2) is 32.7 Å². The Bertz CT molecular complexity index is 1050. The van der Waals surface area contributed by atoms with Crippen LogP contribution in [0.5, 0.6) is 0 Å². The van der Waals surface area contributed by atoms with Crippen molar-refractivity contribution in [2.45, 2.75) is 24.1 Å². The van der Waals surface area contributed by atoms with Gasteiger partial charge in [-0.1, -0.05) is 17.7 Å². The first-order valence-electron chi connectivity index (χ1n) is 7.98. The third-order valence-electron chi connectivity index (χ3n) is 3.70. The topological polar surface area (TPSA) is 89.5 Å². The van der Waals surface area contributed by atoms with Crippen LogP contribution in [0.4, 0.5) is 18.9 Å². The molecule has 1 amide bonds. The molecule has 2 rings (SSSR count). The summed E-state index contributed by atoms with van der Waals surface area (Å²) in [6, 6.07) is 7.35. The molecule has 2 aromatic rings. The number of alkyl halides is 3. The van der Waals surface area contributed by atoms with Gasteiger partial charge in [0, 0.05) is 11.9 Å². The third-order valence-corrected chi connectivity index (χ3v) is 5.14. The van der Waals surface area contributed by atoms with Crippen molar-refractivity contribution < 1.29 is 35.9 Å². The molecular weight excluding hydrogens is 435 g/mol. The molecule has 2 aromatic carbocycles. The Labute approximate surface area is 169 Å². The lowest BCUT2D eigenvalue weighted by atomic mass is 10.2. The number of carbonyl (C=O) groups excluding carboxylic acids is 2. The second kappa shape index (κ2) is 8.42. The minimum atomic E-state index is -4.58. The molecule has 0 aliphatic heterocycles. The fourth-order valence-corrected chi connectivity index (χ4v) is 3.03. The van der Waals surface area contributed by atoms with Gasteiger partial charge in [-0.3, -0.25) is 4.79 Å². The summed E-state index contributed by atoms with van der Waals surface area (Å²) in [4.78, 5) is 24.2. The van der Waals surface area contributed by atoms with Crippen molar-refractivity contribution in [3.63, 3.8) is 0 Å². The van der Waals surface area contributed by atoms with E-state index in [-0.39, 0.29) is 21.2 Å². The molecule has 0 aromatic heterocycles. The standard InChI is InChI=1S/C18H15ClF3NO5S/c1-10(16(24)23-12-5-3-4-11(8-12)18(20,21)22)28-17(25)14-9-13(29(2,26)27)6-7-15(14)19/h3-10H,1-2H3,(H,23,24)/t10-/m1/s1. The van der Waals surface area contributed by atoms with Crippen LogP contribution in [0.1, 0.15) is 22.8 Å². The maximum Gasteiger partial charge on any atom is 0.416 e. The van der Waals surface area contributed by atoms with Crippen LogP contribution in [-0.2, 0) is 25.5 Å². The van der Waals surface area contributed by atoms with Gasteiger partial charge < -0.3 is 10.1 Å². The number of amides is 1. The van der Waals surface area contributed by atoms with E-state index in [9.17, 15) is 31.2 Å². The maximum atomic E-state index is 12.7. The molecule has 0 aliphatic rings. The first-order valence-corrected chi connectivity index (χ1v) is 10.2. The predicted molar refractivity (Wildman–Crippen MR) is 99.5 cm³/mol. The monoisotopic (exact) mass is 449 g/mol. The molecule has 0 radical (unpaired) electrons. The fraction of sp³-hybridized carbons (Fsp3) is 0.222. The summed E-state index contributed by atoms with van der Waals surface area (Å²) >= 11 is 5.89. The number of hydrogen-bond donors (Lipinski definition) is 1. The highest BCUT2D eigenvalue weighted by molar-refractivity contribution is 7.90. The highest BCUT2D eigenvalue weighted by atomic mass is 35.5. The van der Waals surface area contributed by atoms with E-state index in [2.05, 4.69) is 5.32 Å². The number of halogens is 4. The van der Waals surface area contributed by atoms with Crippen molar-refractivity contribution in [2.75, 3.05) is 11.6 Å². The van der Waals surface area contributed by atoms with Gasteiger partial charge in [0.1, 0.15) is 0 Å². The van der Waals surface area contributed by atoms with Gasteiger partial charge in [0.05, 0.1) is 21.0 Å². The first-order chi connectivity index (χ1) is 13.3. The molecule has 0 saturated heterocycles. The van der Waals surface area contributed by atoms with E-state index in [1.165, 1.54) is 25.1 Å². The maximum absolute atomic E-state index is 12.7. The molecule has 0 spiro atoms. The van der Waals surface area contributed by atoms with Crippen LogP contribution in [0.3, 0.4) is 0 Å². The van der Waals surface area contributed by atoms with E-state index in [4.69, 9.17) is 16.3 Å². The number of sulfone groups is 1. The summed E-state index contributed by atoms with van der Waals surface area (Å²) in [6.45, 7) is 1.20. The Morgan fingerprint density at radius 2 is 1.79 bits per heavy atom. The average Bonchev–Trinajstić information content (AvgIpc) is 2.60. The molecule has 0 saturated carbocycles. The SMILES string of the molecule is C[C@@H](OC(=O)c1cc(S(C)(=O)=O)ccc1Cl)C(=O)Nc1cccc(C(F)(F)F)c1. The minimum Gasteiger partial charge on any atom is -0.449 e. The van der Waals surface area contributed by atoms with Crippen molar-refractivity contribution in [1.29, 1.82) is 0 Å². The van der Waals surface area contributed by atoms with Gasteiger partial charge in [-0.2, -0.15) is 13.2 Å². The van der Waals surface area contributed by atoms with Crippen molar-refractivity contribution in [2.24, 2.45) is 0 Å². The fourth-order valence-electron chi connectivity index (χ4n) is 2.19. The molecule has 0 unspecified atom stereocenters. The second-order valence-electron chi connectivity index (χ2n) is 6.03. The van der Waals surface area contributed by atoms with E-state index in [0.29, 0.717) is 0 Å². The van der Waals surface area contributed by atoms with Crippen LogP contribution in [0.2, 0.25) is 5.02 Å². The van der Waals surface area contributed by atoms with Crippen LogP contribution in [0.25, 0.3) is 0 Å². The van der Waals surface area contributed by atoms with Crippen molar-refractivity contribution in [3.05, 3.63) is 58.6 Å². The van der Waals surface area contributed by atoms with Gasteiger partial charge >= 0.3 is 12.1 Å². The van der Waals surface area contributed by atoms with E-state index < -0.39 is 39.6 Å². The van der Waals surface area contributed by atoms with Gasteiger partial charge in [-0.25, -0.2) is 13.2 Å². The van der Waals surface area contributed by atoms with E-state index in [0.717, 1.165) is 30.5 Å². The summed E-state index contributed by atoms with van der Waals surface area (Å²) in [6.07, 6.45) is -5.04. The van der Waals surface area contributed by atoms with Gasteiger partial charge in [-0.15, -0.1) is 0 Å². The molecule has 1 atom stereocenters.